The van der Waals surface area contributed by atoms with Crippen molar-refractivity contribution in [2.75, 3.05) is 0 Å². The maximum Gasteiger partial charge on any atom is 1.00 e. The molecule has 6 heavy (non-hydrogen) atoms. The van der Waals surface area contributed by atoms with Crippen LogP contribution in [0.2, 0.25) is 0 Å². The van der Waals surface area contributed by atoms with Crippen molar-refractivity contribution in [1.82, 2.24) is 0 Å². The Morgan fingerprint density at radius 3 is 0.667 bits per heavy atom. The summed E-state index contributed by atoms with van der Waals surface area (Å²) in [6.45, 7) is 0. The molecule has 0 heterocycles. The summed E-state index contributed by atoms with van der Waals surface area (Å²) in [7, 11) is 0. The average Bonchev–Trinajstić information content (AvgIpc) is 1.50. The molecule has 0 radical (unpaired) electrons. The average molecular weight is 100 g/mol. The zero-order valence-corrected chi connectivity index (χ0v) is 8.31. The summed E-state index contributed by atoms with van der Waals surface area (Å²) < 4.78 is 0. The van der Waals surface area contributed by atoms with Crippen LogP contribution in [0.1, 0.15) is 2.85 Å². The minimum atomic E-state index is 0. The maximum absolute atomic E-state index is 4.00. The number of hydrogen-bond donors (Lipinski definition) is 0. The molecule has 0 nitrogen and oxygen atoms in total. The fraction of sp³-hybridized carbons (Fsp3) is 0. The van der Waals surface area contributed by atoms with Gasteiger partial charge in [-0.1, -0.05) is 0 Å². The first kappa shape index (κ1) is 27.4. The van der Waals surface area contributed by atoms with Crippen LogP contribution in [-0.4, -0.2) is 0 Å². The monoisotopic (exact) mass is 100 g/mol. The van der Waals surface area contributed by atoms with E-state index in [-0.39, 0.29) is 62.0 Å². The molecule has 2 heteroatoms. The van der Waals surface area contributed by atoms with Gasteiger partial charge in [-0.15, -0.1) is 25.7 Å². The van der Waals surface area contributed by atoms with Crippen LogP contribution in [0, 0.1) is 25.7 Å². The summed E-state index contributed by atoms with van der Waals surface area (Å²) in [5.41, 5.74) is 0. The van der Waals surface area contributed by atoms with E-state index in [4.69, 9.17) is 0 Å². The van der Waals surface area contributed by atoms with Crippen molar-refractivity contribution in [1.29, 1.82) is 0 Å². The Morgan fingerprint density at radius 1 is 0.667 bits per heavy atom. The standard InChI is InChI=1S/2C2H2.2Na.2H/c2*1-2;;;;/h2*1-2H;;;;/q;;2*+1;2*-1. The van der Waals surface area contributed by atoms with E-state index in [2.05, 4.69) is 25.7 Å². The predicted octanol–water partition coefficient (Wildman–Crippen LogP) is -5.27. The molecule has 0 aliphatic rings. The van der Waals surface area contributed by atoms with E-state index < -0.39 is 0 Å². The van der Waals surface area contributed by atoms with E-state index in [0.29, 0.717) is 0 Å². The van der Waals surface area contributed by atoms with E-state index in [1.807, 2.05) is 0 Å². The Labute approximate surface area is 86.6 Å². The van der Waals surface area contributed by atoms with E-state index >= 15 is 0 Å². The van der Waals surface area contributed by atoms with Crippen molar-refractivity contribution < 1.29 is 62.0 Å². The Bertz CT molecular complexity index is 27.5. The third-order valence-corrected chi connectivity index (χ3v) is 0. The summed E-state index contributed by atoms with van der Waals surface area (Å²) in [4.78, 5) is 0. The first-order chi connectivity index (χ1) is 2.00. The van der Waals surface area contributed by atoms with E-state index in [0.717, 1.165) is 0 Å². The molecule has 0 aliphatic heterocycles. The maximum atomic E-state index is 4.00. The van der Waals surface area contributed by atoms with Gasteiger partial charge in [0.25, 0.3) is 0 Å². The van der Waals surface area contributed by atoms with Crippen LogP contribution in [0.5, 0.6) is 0 Å². The van der Waals surface area contributed by atoms with Gasteiger partial charge in [0, 0.05) is 0 Å². The number of hydrogen-bond acceptors (Lipinski definition) is 0. The predicted molar refractivity (Wildman–Crippen MR) is 22.0 cm³/mol. The van der Waals surface area contributed by atoms with E-state index in [1.165, 1.54) is 0 Å². The third kappa shape index (κ3) is 69.3. The molecule has 0 aromatic carbocycles. The summed E-state index contributed by atoms with van der Waals surface area (Å²) in [5.74, 6) is 0. The van der Waals surface area contributed by atoms with Gasteiger partial charge in [-0.05, 0) is 0 Å². The van der Waals surface area contributed by atoms with Crippen molar-refractivity contribution in [3.05, 3.63) is 0 Å². The molecule has 0 saturated heterocycles. The Balaban J connectivity index is -0.00000000167. The summed E-state index contributed by atoms with van der Waals surface area (Å²) >= 11 is 0. The van der Waals surface area contributed by atoms with Gasteiger partial charge in [0.1, 0.15) is 0 Å². The van der Waals surface area contributed by atoms with Gasteiger partial charge < -0.3 is 2.85 Å². The van der Waals surface area contributed by atoms with Gasteiger partial charge in [-0.2, -0.15) is 0 Å². The van der Waals surface area contributed by atoms with Crippen molar-refractivity contribution in [3.8, 4) is 25.7 Å². The van der Waals surface area contributed by atoms with Crippen LogP contribution < -0.4 is 59.1 Å². The van der Waals surface area contributed by atoms with Crippen LogP contribution >= 0.6 is 0 Å². The van der Waals surface area contributed by atoms with Gasteiger partial charge in [0.15, 0.2) is 0 Å². The quantitative estimate of drug-likeness (QED) is 0.211. The van der Waals surface area contributed by atoms with Crippen LogP contribution in [0.4, 0.5) is 0 Å². The van der Waals surface area contributed by atoms with Crippen molar-refractivity contribution in [2.24, 2.45) is 0 Å². The van der Waals surface area contributed by atoms with E-state index in [1.54, 1.807) is 0 Å². The SMILES string of the molecule is C#C.C#C.[H-].[H-].[Na+].[Na+]. The molecule has 0 N–H and O–H groups in total. The van der Waals surface area contributed by atoms with Gasteiger partial charge in [-0.25, -0.2) is 0 Å². The Morgan fingerprint density at radius 2 is 0.667 bits per heavy atom. The van der Waals surface area contributed by atoms with Crippen molar-refractivity contribution in [2.45, 2.75) is 0 Å². The summed E-state index contributed by atoms with van der Waals surface area (Å²) in [6.07, 6.45) is 16.0. The first-order valence-corrected chi connectivity index (χ1v) is 0.667. The molecule has 0 amide bonds. The largest absolute Gasteiger partial charge is 1.00 e. The molecular weight excluding hydrogens is 94.0 g/mol. The molecule has 24 valence electrons. The van der Waals surface area contributed by atoms with Gasteiger partial charge in [0.2, 0.25) is 0 Å². The fourth-order valence-electron chi connectivity index (χ4n) is 0. The minimum Gasteiger partial charge on any atom is -1.00 e. The number of terminal acetylenes is 2. The van der Waals surface area contributed by atoms with Crippen LogP contribution in [0.3, 0.4) is 0 Å². The zero-order valence-electron chi connectivity index (χ0n) is 6.31. The molecule has 0 fully saturated rings. The zero-order chi connectivity index (χ0) is 4.00. The van der Waals surface area contributed by atoms with Gasteiger partial charge in [0.05, 0.1) is 0 Å². The molecule has 0 bridgehead atoms. The number of rotatable bonds is 0. The van der Waals surface area contributed by atoms with E-state index in [9.17, 15) is 0 Å². The van der Waals surface area contributed by atoms with Crippen LogP contribution in [0.25, 0.3) is 0 Å². The molecule has 0 aromatic heterocycles. The van der Waals surface area contributed by atoms with Crippen molar-refractivity contribution in [3.63, 3.8) is 0 Å². The molecule has 0 aromatic rings. The molecule has 0 spiro atoms. The second-order valence-corrected chi connectivity index (χ2v) is 0. The molecule has 0 saturated carbocycles. The summed E-state index contributed by atoms with van der Waals surface area (Å²) in [5, 5.41) is 0. The Kier molecular flexibility index (Phi) is 584. The minimum absolute atomic E-state index is 0. The van der Waals surface area contributed by atoms with Gasteiger partial charge in [-0.3, -0.25) is 0 Å². The van der Waals surface area contributed by atoms with Crippen molar-refractivity contribution >= 4 is 0 Å². The fourth-order valence-corrected chi connectivity index (χ4v) is 0. The first-order valence-electron chi connectivity index (χ1n) is 0.667. The topological polar surface area (TPSA) is 0 Å². The normalized spacial score (nSPS) is 0.667. The van der Waals surface area contributed by atoms with Gasteiger partial charge >= 0.3 is 59.1 Å². The molecular formula is C4H6Na2. The van der Waals surface area contributed by atoms with Crippen LogP contribution in [0.15, 0.2) is 0 Å². The molecule has 0 unspecified atom stereocenters. The second-order valence-electron chi connectivity index (χ2n) is 0. The summed E-state index contributed by atoms with van der Waals surface area (Å²) in [6, 6.07) is 0. The third-order valence-electron chi connectivity index (χ3n) is 0. The smallest absolute Gasteiger partial charge is 1.00 e. The Hall–Kier alpha value is 1.12. The second kappa shape index (κ2) is 128. The molecule has 0 aliphatic carbocycles. The molecule has 0 atom stereocenters. The van der Waals surface area contributed by atoms with Crippen LogP contribution in [-0.2, 0) is 0 Å². The molecule has 0 rings (SSSR count).